The number of aryl methyl sites for hydroxylation is 1. The standard InChI is InChI=1S/C27H24ClNO5/c1-16-11-22-20(14-29(15-33-22)13-17-7-9-19(28)10-8-17)27-24(16)25(30)23(34-27)12-18-5-4-6-21(31-2)26(18)32-3/h4-12H,13-15H2,1-3H3/b23-12-. The van der Waals surface area contributed by atoms with Gasteiger partial charge in [0.2, 0.25) is 5.78 Å². The lowest BCUT2D eigenvalue weighted by Gasteiger charge is -2.30. The molecule has 0 radical (unpaired) electrons. The number of carbonyl (C=O) groups is 1. The fourth-order valence-electron chi connectivity index (χ4n) is 4.39. The van der Waals surface area contributed by atoms with Gasteiger partial charge in [-0.1, -0.05) is 35.9 Å². The van der Waals surface area contributed by atoms with Crippen LogP contribution in [0.25, 0.3) is 6.08 Å². The van der Waals surface area contributed by atoms with Crippen molar-refractivity contribution in [2.45, 2.75) is 20.0 Å². The van der Waals surface area contributed by atoms with Gasteiger partial charge in [-0.05, 0) is 48.4 Å². The molecule has 2 heterocycles. The lowest BCUT2D eigenvalue weighted by atomic mass is 9.98. The molecule has 0 aromatic heterocycles. The van der Waals surface area contributed by atoms with Gasteiger partial charge in [-0.15, -0.1) is 0 Å². The molecule has 0 saturated heterocycles. The van der Waals surface area contributed by atoms with E-state index in [0.29, 0.717) is 53.2 Å². The zero-order chi connectivity index (χ0) is 23.8. The van der Waals surface area contributed by atoms with Crippen LogP contribution in [0.5, 0.6) is 23.0 Å². The van der Waals surface area contributed by atoms with Gasteiger partial charge in [-0.2, -0.15) is 0 Å². The summed E-state index contributed by atoms with van der Waals surface area (Å²) in [5, 5.41) is 0.705. The number of halogens is 1. The van der Waals surface area contributed by atoms with Crippen molar-refractivity contribution in [2.24, 2.45) is 0 Å². The second-order valence-electron chi connectivity index (χ2n) is 8.28. The Labute approximate surface area is 203 Å². The largest absolute Gasteiger partial charge is 0.493 e. The highest BCUT2D eigenvalue weighted by atomic mass is 35.5. The van der Waals surface area contributed by atoms with Crippen molar-refractivity contribution in [1.29, 1.82) is 0 Å². The van der Waals surface area contributed by atoms with Gasteiger partial charge in [0.25, 0.3) is 0 Å². The fourth-order valence-corrected chi connectivity index (χ4v) is 4.52. The number of benzene rings is 3. The van der Waals surface area contributed by atoms with Gasteiger partial charge in [0.15, 0.2) is 17.3 Å². The van der Waals surface area contributed by atoms with Crippen molar-refractivity contribution in [1.82, 2.24) is 4.90 Å². The minimum Gasteiger partial charge on any atom is -0.493 e. The van der Waals surface area contributed by atoms with E-state index in [0.717, 1.165) is 22.4 Å². The average Bonchev–Trinajstić information content (AvgIpc) is 3.17. The first-order chi connectivity index (χ1) is 16.5. The number of para-hydroxylation sites is 1. The number of allylic oxidation sites excluding steroid dienone is 1. The zero-order valence-corrected chi connectivity index (χ0v) is 19.9. The summed E-state index contributed by atoms with van der Waals surface area (Å²) >= 11 is 6.01. The molecule has 0 atom stereocenters. The van der Waals surface area contributed by atoms with Crippen LogP contribution in [0.15, 0.2) is 54.3 Å². The molecule has 6 nitrogen and oxygen atoms in total. The first-order valence-corrected chi connectivity index (χ1v) is 11.3. The molecule has 0 N–H and O–H groups in total. The summed E-state index contributed by atoms with van der Waals surface area (Å²) in [6.45, 7) is 3.64. The molecule has 0 saturated carbocycles. The second kappa shape index (κ2) is 9.05. The Bertz CT molecular complexity index is 1300. The van der Waals surface area contributed by atoms with E-state index in [1.54, 1.807) is 26.4 Å². The number of ether oxygens (including phenoxy) is 4. The van der Waals surface area contributed by atoms with Crippen LogP contribution in [0.2, 0.25) is 5.02 Å². The predicted molar refractivity (Wildman–Crippen MR) is 130 cm³/mol. The number of ketones is 1. The topological polar surface area (TPSA) is 57.2 Å². The number of hydrogen-bond acceptors (Lipinski definition) is 6. The van der Waals surface area contributed by atoms with E-state index in [-0.39, 0.29) is 11.5 Å². The lowest BCUT2D eigenvalue weighted by molar-refractivity contribution is 0.0872. The van der Waals surface area contributed by atoms with Gasteiger partial charge in [0.1, 0.15) is 18.2 Å². The molecule has 5 rings (SSSR count). The van der Waals surface area contributed by atoms with Gasteiger partial charge < -0.3 is 18.9 Å². The van der Waals surface area contributed by atoms with Crippen LogP contribution in [0.1, 0.15) is 32.6 Å². The van der Waals surface area contributed by atoms with E-state index in [9.17, 15) is 4.79 Å². The number of rotatable bonds is 5. The summed E-state index contributed by atoms with van der Waals surface area (Å²) in [5.74, 6) is 2.52. The van der Waals surface area contributed by atoms with E-state index in [2.05, 4.69) is 4.90 Å². The molecule has 0 unspecified atom stereocenters. The maximum absolute atomic E-state index is 13.3. The Balaban J connectivity index is 1.47. The number of Topliss-reactive ketones (excluding diaryl/α,β-unsaturated/α-hetero) is 1. The normalized spacial score (nSPS) is 16.0. The van der Waals surface area contributed by atoms with Crippen LogP contribution in [-0.4, -0.2) is 31.6 Å². The Kier molecular flexibility index (Phi) is 5.94. The summed E-state index contributed by atoms with van der Waals surface area (Å²) in [4.78, 5) is 15.5. The Morgan fingerprint density at radius 2 is 1.91 bits per heavy atom. The molecule has 0 spiro atoms. The number of fused-ring (bicyclic) bond motifs is 3. The summed E-state index contributed by atoms with van der Waals surface area (Å²) in [6.07, 6.45) is 1.70. The van der Waals surface area contributed by atoms with Crippen molar-refractivity contribution < 1.29 is 23.7 Å². The third-order valence-electron chi connectivity index (χ3n) is 6.03. The van der Waals surface area contributed by atoms with Gasteiger partial charge in [-0.3, -0.25) is 9.69 Å². The summed E-state index contributed by atoms with van der Waals surface area (Å²) in [7, 11) is 3.15. The summed E-state index contributed by atoms with van der Waals surface area (Å²) in [6, 6.07) is 15.2. The number of nitrogens with zero attached hydrogens (tertiary/aromatic N) is 1. The van der Waals surface area contributed by atoms with Crippen LogP contribution < -0.4 is 18.9 Å². The maximum Gasteiger partial charge on any atom is 0.232 e. The molecule has 0 aliphatic carbocycles. The van der Waals surface area contributed by atoms with E-state index in [1.807, 2.05) is 49.4 Å². The molecule has 0 fully saturated rings. The summed E-state index contributed by atoms with van der Waals surface area (Å²) < 4.78 is 23.1. The minimum absolute atomic E-state index is 0.157. The van der Waals surface area contributed by atoms with E-state index in [4.69, 9.17) is 30.5 Å². The third-order valence-corrected chi connectivity index (χ3v) is 6.28. The van der Waals surface area contributed by atoms with E-state index < -0.39 is 0 Å². The molecule has 3 aromatic rings. The minimum atomic E-state index is -0.157. The first-order valence-electron chi connectivity index (χ1n) is 10.9. The van der Waals surface area contributed by atoms with Crippen molar-refractivity contribution in [3.63, 3.8) is 0 Å². The third kappa shape index (κ3) is 4.00. The fraction of sp³-hybridized carbons (Fsp3) is 0.222. The Hall–Kier alpha value is -3.48. The highest BCUT2D eigenvalue weighted by Gasteiger charge is 2.35. The Morgan fingerprint density at radius 3 is 2.65 bits per heavy atom. The Morgan fingerprint density at radius 1 is 1.12 bits per heavy atom. The molecule has 34 heavy (non-hydrogen) atoms. The zero-order valence-electron chi connectivity index (χ0n) is 19.2. The van der Waals surface area contributed by atoms with Gasteiger partial charge >= 0.3 is 0 Å². The molecule has 2 aliphatic rings. The first kappa shape index (κ1) is 22.3. The monoisotopic (exact) mass is 477 g/mol. The van der Waals surface area contributed by atoms with Gasteiger partial charge in [0.05, 0.1) is 25.3 Å². The molecule has 0 bridgehead atoms. The molecule has 2 aliphatic heterocycles. The molecular weight excluding hydrogens is 454 g/mol. The van der Waals surface area contributed by atoms with Crippen LogP contribution in [-0.2, 0) is 13.1 Å². The number of methoxy groups -OCH3 is 2. The number of hydrogen-bond donors (Lipinski definition) is 0. The second-order valence-corrected chi connectivity index (χ2v) is 8.72. The average molecular weight is 478 g/mol. The molecular formula is C27H24ClNO5. The van der Waals surface area contributed by atoms with Crippen LogP contribution in [0.3, 0.4) is 0 Å². The number of carbonyl (C=O) groups excluding carboxylic acids is 1. The van der Waals surface area contributed by atoms with Gasteiger partial charge in [0, 0.05) is 23.7 Å². The van der Waals surface area contributed by atoms with E-state index in [1.165, 1.54) is 0 Å². The van der Waals surface area contributed by atoms with Crippen molar-refractivity contribution in [3.05, 3.63) is 87.1 Å². The highest BCUT2D eigenvalue weighted by molar-refractivity contribution is 6.30. The molecule has 7 heteroatoms. The predicted octanol–water partition coefficient (Wildman–Crippen LogP) is 5.63. The van der Waals surface area contributed by atoms with Crippen LogP contribution >= 0.6 is 11.6 Å². The SMILES string of the molecule is COc1cccc(/C=C2\Oc3c4c(cc(C)c3C2=O)OCN(Cc2ccc(Cl)cc2)C4)c1OC. The van der Waals surface area contributed by atoms with Gasteiger partial charge in [-0.25, -0.2) is 0 Å². The quantitative estimate of drug-likeness (QED) is 0.444. The van der Waals surface area contributed by atoms with Crippen LogP contribution in [0, 0.1) is 6.92 Å². The van der Waals surface area contributed by atoms with Crippen molar-refractivity contribution in [2.75, 3.05) is 21.0 Å². The van der Waals surface area contributed by atoms with Crippen LogP contribution in [0.4, 0.5) is 0 Å². The maximum atomic E-state index is 13.3. The molecule has 0 amide bonds. The van der Waals surface area contributed by atoms with Crippen molar-refractivity contribution >= 4 is 23.5 Å². The van der Waals surface area contributed by atoms with E-state index >= 15 is 0 Å². The summed E-state index contributed by atoms with van der Waals surface area (Å²) in [5.41, 5.74) is 4.10. The van der Waals surface area contributed by atoms with Crippen molar-refractivity contribution in [3.8, 4) is 23.0 Å². The smallest absolute Gasteiger partial charge is 0.232 e. The highest BCUT2D eigenvalue weighted by Crippen LogP contribution is 2.44. The molecule has 174 valence electrons. The lowest BCUT2D eigenvalue weighted by Crippen LogP contribution is -2.31. The molecule has 3 aromatic carbocycles.